The highest BCUT2D eigenvalue weighted by Gasteiger charge is 2.35. The van der Waals surface area contributed by atoms with E-state index in [1.54, 1.807) is 71.2 Å². The molecular weight excluding hydrogens is 887 g/mol. The van der Waals surface area contributed by atoms with Gasteiger partial charge in [0, 0.05) is 24.1 Å². The van der Waals surface area contributed by atoms with Gasteiger partial charge in [0.1, 0.15) is 17.7 Å². The number of methoxy groups -OCH3 is 4. The van der Waals surface area contributed by atoms with Crippen molar-refractivity contribution in [2.24, 2.45) is 11.8 Å². The van der Waals surface area contributed by atoms with Gasteiger partial charge in [-0.05, 0) is 112 Å². The minimum atomic E-state index is -1.77. The molecule has 3 aromatic carbocycles. The number of carbonyl (C=O) groups excluding carboxylic acids is 5. The lowest BCUT2D eigenvalue weighted by Crippen LogP contribution is -2.58. The number of rotatable bonds is 22. The highest BCUT2D eigenvalue weighted by Crippen LogP contribution is 2.47. The van der Waals surface area contributed by atoms with E-state index in [0.717, 1.165) is 16.7 Å². The second-order valence-electron chi connectivity index (χ2n) is 19.2. The van der Waals surface area contributed by atoms with Gasteiger partial charge in [-0.1, -0.05) is 70.2 Å². The number of aromatic hydroxyl groups is 1. The molecule has 0 radical (unpaired) electrons. The Hall–Kier alpha value is -6.49. The molecule has 0 heterocycles. The Balaban J connectivity index is 1.49. The summed E-state index contributed by atoms with van der Waals surface area (Å²) in [6.45, 7) is 14.3. The van der Waals surface area contributed by atoms with Crippen LogP contribution >= 0.6 is 0 Å². The minimum absolute atomic E-state index is 0.0381. The van der Waals surface area contributed by atoms with Gasteiger partial charge in [-0.25, -0.2) is 4.79 Å². The number of ether oxygens (including phenoxy) is 5. The molecule has 6 atom stereocenters. The van der Waals surface area contributed by atoms with Gasteiger partial charge in [-0.15, -0.1) is 0 Å². The van der Waals surface area contributed by atoms with E-state index in [1.165, 1.54) is 21.3 Å². The molecule has 17 nitrogen and oxygen atoms in total. The number of hydrogen-bond donors (Lipinski definition) is 7. The molecule has 7 N–H and O–H groups in total. The quantitative estimate of drug-likeness (QED) is 0.0639. The maximum Gasteiger partial charge on any atom is 0.407 e. The Bertz CT molecular complexity index is 2280. The lowest BCUT2D eigenvalue weighted by molar-refractivity contribution is -0.136. The average molecular weight is 960 g/mol. The zero-order chi connectivity index (χ0) is 51.2. The van der Waals surface area contributed by atoms with E-state index in [9.17, 15) is 34.2 Å². The molecule has 69 heavy (non-hydrogen) atoms. The molecule has 1 aliphatic carbocycles. The van der Waals surface area contributed by atoms with Crippen LogP contribution in [0.2, 0.25) is 0 Å². The molecule has 17 heteroatoms. The Labute approximate surface area is 406 Å². The first-order chi connectivity index (χ1) is 32.6. The van der Waals surface area contributed by atoms with Gasteiger partial charge in [0.05, 0.1) is 34.5 Å². The van der Waals surface area contributed by atoms with Gasteiger partial charge < -0.3 is 60.5 Å². The summed E-state index contributed by atoms with van der Waals surface area (Å²) >= 11 is 0. The van der Waals surface area contributed by atoms with E-state index in [-0.39, 0.29) is 49.2 Å². The van der Waals surface area contributed by atoms with Crippen molar-refractivity contribution in [3.63, 3.8) is 0 Å². The highest BCUT2D eigenvalue weighted by molar-refractivity contribution is 5.93. The van der Waals surface area contributed by atoms with Crippen LogP contribution in [0.4, 0.5) is 4.79 Å². The van der Waals surface area contributed by atoms with Gasteiger partial charge in [0.15, 0.2) is 29.1 Å². The SMILES string of the molecule is COc1ccc(C2=CC(NC(=O)CC(C)NC(=O)C(CC(C)C)NC(=O)C(CC(C)C)NC(=O)C(O)C(Cc3ccccc3)NC(=O)OC(C)(C)C)CCc3c2cc(OC)c(OC)c3OC)cc1O. The van der Waals surface area contributed by atoms with Gasteiger partial charge in [-0.3, -0.25) is 19.2 Å². The Morgan fingerprint density at radius 2 is 1.32 bits per heavy atom. The molecular formula is C52H73N5O12. The fraction of sp³-hybridized carbons (Fsp3) is 0.519. The molecule has 378 valence electrons. The third-order valence-electron chi connectivity index (χ3n) is 11.3. The summed E-state index contributed by atoms with van der Waals surface area (Å²) in [6, 6.07) is 11.5. The van der Waals surface area contributed by atoms with Crippen LogP contribution in [0.15, 0.2) is 60.7 Å². The molecule has 0 saturated heterocycles. The summed E-state index contributed by atoms with van der Waals surface area (Å²) in [7, 11) is 6.06. The van der Waals surface area contributed by atoms with Crippen molar-refractivity contribution in [2.75, 3.05) is 28.4 Å². The summed E-state index contributed by atoms with van der Waals surface area (Å²) in [4.78, 5) is 68.3. The summed E-state index contributed by atoms with van der Waals surface area (Å²) in [6.07, 6.45) is 0.681. The normalized spacial score (nSPS) is 15.7. The predicted octanol–water partition coefficient (Wildman–Crippen LogP) is 5.74. The lowest BCUT2D eigenvalue weighted by Gasteiger charge is -2.29. The number of nitrogens with one attached hydrogen (secondary N) is 5. The summed E-state index contributed by atoms with van der Waals surface area (Å²) < 4.78 is 27.9. The smallest absolute Gasteiger partial charge is 0.407 e. The van der Waals surface area contributed by atoms with Crippen LogP contribution in [0, 0.1) is 11.8 Å². The molecule has 0 spiro atoms. The Morgan fingerprint density at radius 1 is 0.725 bits per heavy atom. The highest BCUT2D eigenvalue weighted by atomic mass is 16.6. The van der Waals surface area contributed by atoms with Crippen molar-refractivity contribution in [2.45, 2.75) is 136 Å². The minimum Gasteiger partial charge on any atom is -0.504 e. The molecule has 3 aromatic rings. The summed E-state index contributed by atoms with van der Waals surface area (Å²) in [5.74, 6) is -0.936. The monoisotopic (exact) mass is 960 g/mol. The number of phenols is 1. The van der Waals surface area contributed by atoms with Crippen molar-refractivity contribution in [1.29, 1.82) is 0 Å². The number of hydrogen-bond acceptors (Lipinski definition) is 12. The first-order valence-electron chi connectivity index (χ1n) is 23.4. The van der Waals surface area contributed by atoms with Crippen LogP contribution < -0.4 is 45.5 Å². The molecule has 0 aromatic heterocycles. The second kappa shape index (κ2) is 25.2. The number of alkyl carbamates (subject to hydrolysis) is 1. The van der Waals surface area contributed by atoms with Crippen LogP contribution in [0.5, 0.6) is 28.7 Å². The van der Waals surface area contributed by atoms with Crippen molar-refractivity contribution in [3.8, 4) is 28.7 Å². The number of fused-ring (bicyclic) bond motifs is 1. The van der Waals surface area contributed by atoms with Gasteiger partial charge in [-0.2, -0.15) is 0 Å². The standard InChI is InChI=1S/C52H73N5O12/c1-29(2)22-39(55-49(62)40(23-30(3)4)56-50(63)45(60)38(25-32-16-14-13-15-17-32)57-51(64)69-52(6,7)8)48(61)53-31(5)24-44(59)54-34-19-20-35-37(28-43(66-10)47(68-12)46(35)67-11)36(27-34)33-18-21-42(65-9)41(58)26-33/h13-18,21,26-31,34,38-40,45,58,60H,19-20,22-25H2,1-12H3,(H,53,61)(H,54,59)(H,55,62)(H,56,63)(H,57,64). The van der Waals surface area contributed by atoms with E-state index < -0.39 is 65.7 Å². The molecule has 4 rings (SSSR count). The van der Waals surface area contributed by atoms with Crippen LogP contribution in [0.3, 0.4) is 0 Å². The average Bonchev–Trinajstić information content (AvgIpc) is 3.45. The topological polar surface area (TPSA) is 232 Å². The maximum atomic E-state index is 14.0. The fourth-order valence-electron chi connectivity index (χ4n) is 8.23. The van der Waals surface area contributed by atoms with E-state index in [4.69, 9.17) is 23.7 Å². The first-order valence-corrected chi connectivity index (χ1v) is 23.4. The third-order valence-corrected chi connectivity index (χ3v) is 11.3. The molecule has 0 saturated carbocycles. The second-order valence-corrected chi connectivity index (χ2v) is 19.2. The number of amides is 5. The number of phenolic OH excluding ortho intramolecular Hbond substituents is 1. The van der Waals surface area contributed by atoms with Crippen molar-refractivity contribution in [3.05, 3.63) is 82.9 Å². The zero-order valence-electron chi connectivity index (χ0n) is 42.1. The number of benzene rings is 3. The van der Waals surface area contributed by atoms with Crippen LogP contribution in [0.1, 0.15) is 103 Å². The van der Waals surface area contributed by atoms with Crippen molar-refractivity contribution >= 4 is 35.3 Å². The first kappa shape index (κ1) is 55.1. The third kappa shape index (κ3) is 16.0. The van der Waals surface area contributed by atoms with E-state index in [1.807, 2.05) is 52.0 Å². The van der Waals surface area contributed by atoms with Crippen LogP contribution in [-0.2, 0) is 36.8 Å². The van der Waals surface area contributed by atoms with Gasteiger partial charge in [0.2, 0.25) is 23.5 Å². The lowest BCUT2D eigenvalue weighted by atomic mass is 9.92. The zero-order valence-corrected chi connectivity index (χ0v) is 42.1. The van der Waals surface area contributed by atoms with E-state index in [2.05, 4.69) is 26.6 Å². The summed E-state index contributed by atoms with van der Waals surface area (Å²) in [5.41, 5.74) is 2.84. The van der Waals surface area contributed by atoms with Crippen LogP contribution in [0.25, 0.3) is 5.57 Å². The fourth-order valence-corrected chi connectivity index (χ4v) is 8.23. The van der Waals surface area contributed by atoms with Gasteiger partial charge >= 0.3 is 6.09 Å². The van der Waals surface area contributed by atoms with Crippen LogP contribution in [-0.4, -0.2) is 110 Å². The number of aliphatic hydroxyl groups excluding tert-OH is 1. The molecule has 6 unspecified atom stereocenters. The molecule has 0 aliphatic heterocycles. The van der Waals surface area contributed by atoms with Crippen molar-refractivity contribution in [1.82, 2.24) is 26.6 Å². The molecule has 5 amide bonds. The molecule has 0 bridgehead atoms. The number of aliphatic hydroxyl groups is 1. The molecule has 1 aliphatic rings. The largest absolute Gasteiger partial charge is 0.504 e. The van der Waals surface area contributed by atoms with E-state index >= 15 is 0 Å². The maximum absolute atomic E-state index is 14.0. The Kier molecular flexibility index (Phi) is 20.1. The Morgan fingerprint density at radius 3 is 1.87 bits per heavy atom. The molecule has 0 fully saturated rings. The summed E-state index contributed by atoms with van der Waals surface area (Å²) in [5, 5.41) is 36.3. The van der Waals surface area contributed by atoms with E-state index in [0.29, 0.717) is 47.0 Å². The van der Waals surface area contributed by atoms with Gasteiger partial charge in [0.25, 0.3) is 5.91 Å². The predicted molar refractivity (Wildman–Crippen MR) is 262 cm³/mol. The number of carbonyl (C=O) groups is 5. The van der Waals surface area contributed by atoms with Crippen molar-refractivity contribution < 1.29 is 57.9 Å².